The molecule has 1 aromatic heterocycles. The van der Waals surface area contributed by atoms with Gasteiger partial charge in [0.05, 0.1) is 33.4 Å². The minimum Gasteiger partial charge on any atom is -0.465 e. The summed E-state index contributed by atoms with van der Waals surface area (Å²) >= 11 is 17.9. The Hall–Kier alpha value is -2.54. The van der Waals surface area contributed by atoms with E-state index in [1.165, 1.54) is 31.6 Å². The van der Waals surface area contributed by atoms with Crippen LogP contribution < -0.4 is 5.32 Å². The maximum absolute atomic E-state index is 12.4. The highest BCUT2D eigenvalue weighted by Crippen LogP contribution is 2.28. The van der Waals surface area contributed by atoms with Crippen molar-refractivity contribution in [2.45, 2.75) is 0 Å². The van der Waals surface area contributed by atoms with Crippen LogP contribution in [0.15, 0.2) is 47.1 Å². The van der Waals surface area contributed by atoms with E-state index in [0.29, 0.717) is 15.6 Å². The number of hydrogen-bond acceptors (Lipinski definition) is 5. The molecule has 0 saturated heterocycles. The van der Waals surface area contributed by atoms with E-state index in [4.69, 9.17) is 39.2 Å². The van der Waals surface area contributed by atoms with E-state index in [9.17, 15) is 9.59 Å². The van der Waals surface area contributed by atoms with Crippen molar-refractivity contribution < 1.29 is 18.7 Å². The second-order valence-corrected chi connectivity index (χ2v) is 6.53. The third kappa shape index (κ3) is 4.24. The Bertz CT molecular complexity index is 1030. The number of anilines is 1. The third-order valence-electron chi connectivity index (χ3n) is 3.54. The molecule has 1 heterocycles. The van der Waals surface area contributed by atoms with Crippen LogP contribution in [0.2, 0.25) is 15.1 Å². The maximum Gasteiger partial charge on any atom is 0.337 e. The molecule has 3 rings (SSSR count). The van der Waals surface area contributed by atoms with Crippen LogP contribution in [0.5, 0.6) is 0 Å². The Balaban J connectivity index is 1.82. The molecule has 0 aliphatic heterocycles. The van der Waals surface area contributed by atoms with Crippen LogP contribution in [0.3, 0.4) is 0 Å². The fourth-order valence-corrected chi connectivity index (χ4v) is 2.65. The van der Waals surface area contributed by atoms with E-state index >= 15 is 0 Å². The van der Waals surface area contributed by atoms with Crippen LogP contribution in [-0.2, 0) is 4.74 Å². The molecular formula is C18H11Cl3N2O4. The lowest BCUT2D eigenvalue weighted by Crippen LogP contribution is -2.13. The van der Waals surface area contributed by atoms with Crippen LogP contribution in [0, 0.1) is 0 Å². The quantitative estimate of drug-likeness (QED) is 0.571. The lowest BCUT2D eigenvalue weighted by Gasteiger charge is -2.07. The zero-order valence-electron chi connectivity index (χ0n) is 13.8. The van der Waals surface area contributed by atoms with Crippen molar-refractivity contribution in [3.63, 3.8) is 0 Å². The number of nitrogens with one attached hydrogen (secondary N) is 1. The van der Waals surface area contributed by atoms with Crippen LogP contribution in [-0.4, -0.2) is 24.0 Å². The van der Waals surface area contributed by atoms with Crippen molar-refractivity contribution in [1.82, 2.24) is 4.98 Å². The van der Waals surface area contributed by atoms with Gasteiger partial charge in [-0.05, 0) is 36.4 Å². The highest BCUT2D eigenvalue weighted by Gasteiger charge is 2.17. The van der Waals surface area contributed by atoms with Crippen molar-refractivity contribution in [3.05, 3.63) is 69.0 Å². The van der Waals surface area contributed by atoms with Gasteiger partial charge in [-0.2, -0.15) is 0 Å². The number of hydrogen-bond donors (Lipinski definition) is 1. The molecule has 0 aliphatic carbocycles. The Morgan fingerprint density at radius 3 is 2.48 bits per heavy atom. The van der Waals surface area contributed by atoms with E-state index in [-0.39, 0.29) is 27.9 Å². The molecule has 0 aliphatic rings. The number of carbonyl (C=O) groups excluding carboxylic acids is 2. The Kier molecular flexibility index (Phi) is 5.70. The monoisotopic (exact) mass is 424 g/mol. The molecule has 0 fully saturated rings. The average Bonchev–Trinajstić information content (AvgIpc) is 3.15. The molecular weight excluding hydrogens is 415 g/mol. The van der Waals surface area contributed by atoms with Crippen molar-refractivity contribution in [3.8, 4) is 11.5 Å². The summed E-state index contributed by atoms with van der Waals surface area (Å²) in [6.07, 6.45) is 1.20. The summed E-state index contributed by atoms with van der Waals surface area (Å²) in [4.78, 5) is 28.2. The lowest BCUT2D eigenvalue weighted by molar-refractivity contribution is 0.0600. The maximum atomic E-state index is 12.4. The van der Waals surface area contributed by atoms with Crippen molar-refractivity contribution in [2.24, 2.45) is 0 Å². The number of halogens is 3. The molecule has 0 spiro atoms. The second-order valence-electron chi connectivity index (χ2n) is 5.31. The number of ether oxygens (including phenoxy) is 1. The van der Waals surface area contributed by atoms with Gasteiger partial charge in [-0.25, -0.2) is 9.78 Å². The van der Waals surface area contributed by atoms with Crippen LogP contribution >= 0.6 is 34.8 Å². The number of benzene rings is 2. The third-order valence-corrected chi connectivity index (χ3v) is 4.61. The smallest absolute Gasteiger partial charge is 0.337 e. The molecule has 0 saturated carbocycles. The fourth-order valence-electron chi connectivity index (χ4n) is 2.19. The van der Waals surface area contributed by atoms with Crippen molar-refractivity contribution in [2.75, 3.05) is 12.4 Å². The van der Waals surface area contributed by atoms with E-state index in [0.717, 1.165) is 0 Å². The highest BCUT2D eigenvalue weighted by atomic mass is 35.5. The van der Waals surface area contributed by atoms with Crippen LogP contribution in [0.1, 0.15) is 20.8 Å². The molecule has 9 heteroatoms. The van der Waals surface area contributed by atoms with E-state index in [2.05, 4.69) is 15.0 Å². The Morgan fingerprint density at radius 2 is 1.78 bits per heavy atom. The summed E-state index contributed by atoms with van der Waals surface area (Å²) < 4.78 is 9.98. The molecule has 0 bridgehead atoms. The lowest BCUT2D eigenvalue weighted by atomic mass is 10.2. The zero-order chi connectivity index (χ0) is 19.6. The van der Waals surface area contributed by atoms with Crippen LogP contribution in [0.25, 0.3) is 11.5 Å². The number of esters is 1. The molecule has 3 aromatic rings. The summed E-state index contributed by atoms with van der Waals surface area (Å²) in [5.41, 5.74) is 1.07. The van der Waals surface area contributed by atoms with Gasteiger partial charge in [0.2, 0.25) is 5.89 Å². The van der Waals surface area contributed by atoms with Gasteiger partial charge in [-0.15, -0.1) is 0 Å². The number of aromatic nitrogens is 1. The highest BCUT2D eigenvalue weighted by molar-refractivity contribution is 6.42. The van der Waals surface area contributed by atoms with Gasteiger partial charge in [-0.3, -0.25) is 4.79 Å². The minimum atomic E-state index is -0.561. The first-order chi connectivity index (χ1) is 12.9. The SMILES string of the molecule is COC(=O)c1ccc(Cl)c(NC(=O)c2coc(-c3ccc(Cl)c(Cl)c3)n2)c1. The molecule has 0 radical (unpaired) electrons. The summed E-state index contributed by atoms with van der Waals surface area (Å²) in [7, 11) is 1.26. The largest absolute Gasteiger partial charge is 0.465 e. The first-order valence-corrected chi connectivity index (χ1v) is 8.62. The van der Waals surface area contributed by atoms with Gasteiger partial charge in [0.1, 0.15) is 6.26 Å². The predicted molar refractivity (Wildman–Crippen MR) is 103 cm³/mol. The zero-order valence-corrected chi connectivity index (χ0v) is 16.0. The fraction of sp³-hybridized carbons (Fsp3) is 0.0556. The van der Waals surface area contributed by atoms with Gasteiger partial charge < -0.3 is 14.5 Å². The average molecular weight is 426 g/mol. The summed E-state index contributed by atoms with van der Waals surface area (Å²) in [6.45, 7) is 0. The molecule has 27 heavy (non-hydrogen) atoms. The number of amides is 1. The first-order valence-electron chi connectivity index (χ1n) is 7.49. The number of nitrogens with zero attached hydrogens (tertiary/aromatic N) is 1. The molecule has 138 valence electrons. The summed E-state index contributed by atoms with van der Waals surface area (Å²) in [5.74, 6) is -0.910. The van der Waals surface area contributed by atoms with Gasteiger partial charge in [0, 0.05) is 5.56 Å². The minimum absolute atomic E-state index is 0.0237. The summed E-state index contributed by atoms with van der Waals surface area (Å²) in [5, 5.41) is 3.57. The number of methoxy groups -OCH3 is 1. The van der Waals surface area contributed by atoms with Gasteiger partial charge in [0.15, 0.2) is 5.69 Å². The van der Waals surface area contributed by atoms with E-state index < -0.39 is 11.9 Å². The number of rotatable bonds is 4. The van der Waals surface area contributed by atoms with Gasteiger partial charge in [0.25, 0.3) is 5.91 Å². The van der Waals surface area contributed by atoms with Gasteiger partial charge >= 0.3 is 5.97 Å². The molecule has 1 amide bonds. The van der Waals surface area contributed by atoms with Gasteiger partial charge in [-0.1, -0.05) is 34.8 Å². The summed E-state index contributed by atoms with van der Waals surface area (Å²) in [6, 6.07) is 9.22. The van der Waals surface area contributed by atoms with Crippen molar-refractivity contribution in [1.29, 1.82) is 0 Å². The number of oxazole rings is 1. The topological polar surface area (TPSA) is 81.4 Å². The molecule has 0 unspecified atom stereocenters. The van der Waals surface area contributed by atoms with E-state index in [1.807, 2.05) is 0 Å². The molecule has 2 aromatic carbocycles. The van der Waals surface area contributed by atoms with Crippen molar-refractivity contribution >= 4 is 52.4 Å². The molecule has 1 N–H and O–H groups in total. The molecule has 0 atom stereocenters. The Labute approximate surface area is 169 Å². The van der Waals surface area contributed by atoms with Crippen LogP contribution in [0.4, 0.5) is 5.69 Å². The Morgan fingerprint density at radius 1 is 1.04 bits per heavy atom. The predicted octanol–water partition coefficient (Wildman–Crippen LogP) is 5.34. The normalized spacial score (nSPS) is 10.5. The second kappa shape index (κ2) is 8.00. The van der Waals surface area contributed by atoms with E-state index in [1.54, 1.807) is 18.2 Å². The molecule has 6 nitrogen and oxygen atoms in total. The first kappa shape index (κ1) is 19.2. The standard InChI is InChI=1S/C18H11Cl3N2O4/c1-26-18(25)10-3-5-12(20)14(7-10)22-16(24)15-8-27-17(23-15)9-2-4-11(19)13(21)6-9/h2-8H,1H3,(H,22,24). The number of carbonyl (C=O) groups is 2.